The van der Waals surface area contributed by atoms with E-state index in [-0.39, 0.29) is 35.7 Å². The van der Waals surface area contributed by atoms with Crippen LogP contribution in [0.25, 0.3) is 0 Å². The van der Waals surface area contributed by atoms with Crippen LogP contribution in [-0.2, 0) is 16.0 Å². The molecule has 2 heterocycles. The molecule has 4 rings (SSSR count). The van der Waals surface area contributed by atoms with E-state index in [4.69, 9.17) is 5.73 Å². The fourth-order valence-electron chi connectivity index (χ4n) is 6.11. The first kappa shape index (κ1) is 26.6. The molecule has 0 spiro atoms. The molecule has 5 heteroatoms. The lowest BCUT2D eigenvalue weighted by Crippen LogP contribution is -2.51. The Morgan fingerprint density at radius 2 is 1.69 bits per heavy atom. The van der Waals surface area contributed by atoms with E-state index in [1.807, 2.05) is 29.2 Å². The van der Waals surface area contributed by atoms with Gasteiger partial charge in [0.1, 0.15) is 0 Å². The highest BCUT2D eigenvalue weighted by molar-refractivity contribution is 5.91. The molecule has 0 bridgehead atoms. The average molecular weight is 490 g/mol. The van der Waals surface area contributed by atoms with Crippen LogP contribution in [0.15, 0.2) is 60.7 Å². The predicted octanol–water partition coefficient (Wildman–Crippen LogP) is 4.80. The van der Waals surface area contributed by atoms with Crippen LogP contribution in [0.1, 0.15) is 69.9 Å². The minimum atomic E-state index is -0.366. The highest BCUT2D eigenvalue weighted by Crippen LogP contribution is 2.31. The minimum absolute atomic E-state index is 0.00970. The van der Waals surface area contributed by atoms with Crippen molar-refractivity contribution >= 4 is 11.7 Å². The third-order valence-electron chi connectivity index (χ3n) is 8.04. The van der Waals surface area contributed by atoms with Crippen LogP contribution in [0.2, 0.25) is 0 Å². The van der Waals surface area contributed by atoms with Crippen LogP contribution in [-0.4, -0.2) is 58.7 Å². The lowest BCUT2D eigenvalue weighted by atomic mass is 9.89. The molecule has 2 N–H and O–H groups in total. The second-order valence-electron chi connectivity index (χ2n) is 11.3. The third-order valence-corrected chi connectivity index (χ3v) is 8.04. The van der Waals surface area contributed by atoms with Crippen molar-refractivity contribution < 1.29 is 9.59 Å². The van der Waals surface area contributed by atoms with Crippen molar-refractivity contribution in [2.45, 2.75) is 89.4 Å². The summed E-state index contributed by atoms with van der Waals surface area (Å²) in [7, 11) is 0. The number of rotatable bonds is 10. The molecule has 36 heavy (non-hydrogen) atoms. The summed E-state index contributed by atoms with van der Waals surface area (Å²) >= 11 is 0. The molecule has 0 saturated carbocycles. The standard InChI is InChI=1S/C31H43N3O2/c1-22(2)18-28(30(35)19-23(3)25-12-8-5-9-13-25)33-17-16-27(15-14-24-10-6-4-7-11-24)34-21-26(32)20-29(34)31(33)36/h4-13,22-23,26-29H,14-21,32H2,1-3H3/t23-,26-,27?,28-,29+/m1/s1. The highest BCUT2D eigenvalue weighted by Gasteiger charge is 2.45. The molecule has 2 saturated heterocycles. The molecule has 2 aliphatic rings. The van der Waals surface area contributed by atoms with E-state index in [1.165, 1.54) is 11.1 Å². The molecule has 2 aromatic rings. The lowest BCUT2D eigenvalue weighted by Gasteiger charge is -2.33. The number of nitrogens with two attached hydrogens (primary N) is 1. The Kier molecular flexibility index (Phi) is 8.97. The maximum atomic E-state index is 14.0. The third kappa shape index (κ3) is 6.43. The van der Waals surface area contributed by atoms with Crippen LogP contribution >= 0.6 is 0 Å². The summed E-state index contributed by atoms with van der Waals surface area (Å²) in [6.07, 6.45) is 4.72. The summed E-state index contributed by atoms with van der Waals surface area (Å²) in [6, 6.07) is 20.5. The number of nitrogens with zero attached hydrogens (tertiary/aromatic N) is 2. The number of amides is 1. The predicted molar refractivity (Wildman–Crippen MR) is 146 cm³/mol. The number of fused-ring (bicyclic) bond motifs is 1. The van der Waals surface area contributed by atoms with Crippen LogP contribution in [0.3, 0.4) is 0 Å². The van der Waals surface area contributed by atoms with Crippen LogP contribution in [0.5, 0.6) is 0 Å². The van der Waals surface area contributed by atoms with E-state index in [2.05, 4.69) is 62.1 Å². The second-order valence-corrected chi connectivity index (χ2v) is 11.3. The van der Waals surface area contributed by atoms with Crippen molar-refractivity contribution in [2.75, 3.05) is 13.1 Å². The number of Topliss-reactive ketones (excluding diaryl/α,β-unsaturated/α-hetero) is 1. The van der Waals surface area contributed by atoms with Gasteiger partial charge >= 0.3 is 0 Å². The van der Waals surface area contributed by atoms with E-state index < -0.39 is 0 Å². The number of aryl methyl sites for hydroxylation is 1. The number of ketones is 1. The normalized spacial score (nSPS) is 24.4. The molecular formula is C31H43N3O2. The average Bonchev–Trinajstić information content (AvgIpc) is 3.21. The summed E-state index contributed by atoms with van der Waals surface area (Å²) < 4.78 is 0. The molecule has 1 amide bonds. The van der Waals surface area contributed by atoms with Crippen LogP contribution in [0.4, 0.5) is 0 Å². The van der Waals surface area contributed by atoms with E-state index in [0.29, 0.717) is 37.8 Å². The van der Waals surface area contributed by atoms with Gasteiger partial charge < -0.3 is 10.6 Å². The molecule has 2 aromatic carbocycles. The lowest BCUT2D eigenvalue weighted by molar-refractivity contribution is -0.142. The Morgan fingerprint density at radius 3 is 2.36 bits per heavy atom. The van der Waals surface area contributed by atoms with Gasteiger partial charge in [-0.2, -0.15) is 0 Å². The van der Waals surface area contributed by atoms with E-state index in [1.54, 1.807) is 0 Å². The maximum Gasteiger partial charge on any atom is 0.240 e. The van der Waals surface area contributed by atoms with Gasteiger partial charge in [-0.25, -0.2) is 0 Å². The van der Waals surface area contributed by atoms with Crippen LogP contribution in [0, 0.1) is 5.92 Å². The summed E-state index contributed by atoms with van der Waals surface area (Å²) in [6.45, 7) is 7.80. The quantitative estimate of drug-likeness (QED) is 0.521. The smallest absolute Gasteiger partial charge is 0.240 e. The van der Waals surface area contributed by atoms with Gasteiger partial charge in [-0.05, 0) is 55.1 Å². The van der Waals surface area contributed by atoms with E-state index in [0.717, 1.165) is 25.8 Å². The zero-order valence-corrected chi connectivity index (χ0v) is 22.2. The van der Waals surface area contributed by atoms with E-state index >= 15 is 0 Å². The second kappa shape index (κ2) is 12.2. The van der Waals surface area contributed by atoms with Crippen molar-refractivity contribution in [3.63, 3.8) is 0 Å². The van der Waals surface area contributed by atoms with Crippen molar-refractivity contribution in [1.29, 1.82) is 0 Å². The zero-order valence-electron chi connectivity index (χ0n) is 22.2. The molecule has 0 aliphatic carbocycles. The Hall–Kier alpha value is -2.50. The van der Waals surface area contributed by atoms with Crippen molar-refractivity contribution in [3.8, 4) is 0 Å². The Bertz CT molecular complexity index is 993. The van der Waals surface area contributed by atoms with Crippen LogP contribution < -0.4 is 5.73 Å². The minimum Gasteiger partial charge on any atom is -0.331 e. The Morgan fingerprint density at radius 1 is 1.03 bits per heavy atom. The summed E-state index contributed by atoms with van der Waals surface area (Å²) in [4.78, 5) is 32.0. The monoisotopic (exact) mass is 489 g/mol. The number of carbonyl (C=O) groups is 2. The largest absolute Gasteiger partial charge is 0.331 e. The SMILES string of the molecule is CC(C)C[C@H](C(=O)C[C@@H](C)c1ccccc1)N1CCC(CCc2ccccc2)N2C[C@H](N)C[C@H]2C1=O. The summed E-state index contributed by atoms with van der Waals surface area (Å²) in [5.41, 5.74) is 8.89. The molecule has 0 radical (unpaired) electrons. The van der Waals surface area contributed by atoms with Gasteiger partial charge in [-0.15, -0.1) is 0 Å². The van der Waals surface area contributed by atoms with Gasteiger partial charge in [-0.3, -0.25) is 14.5 Å². The van der Waals surface area contributed by atoms with E-state index in [9.17, 15) is 9.59 Å². The first-order valence-electron chi connectivity index (χ1n) is 13.8. The molecule has 2 fully saturated rings. The molecular weight excluding hydrogens is 446 g/mol. The number of hydrogen-bond acceptors (Lipinski definition) is 4. The van der Waals surface area contributed by atoms with Gasteiger partial charge in [-0.1, -0.05) is 81.4 Å². The fourth-order valence-corrected chi connectivity index (χ4v) is 6.11. The maximum absolute atomic E-state index is 14.0. The van der Waals surface area contributed by atoms with Gasteiger partial charge in [0.25, 0.3) is 0 Å². The number of benzene rings is 2. The summed E-state index contributed by atoms with van der Waals surface area (Å²) in [5.74, 6) is 0.754. The first-order valence-corrected chi connectivity index (χ1v) is 13.8. The molecule has 0 aromatic heterocycles. The Balaban J connectivity index is 1.52. The number of carbonyl (C=O) groups excluding carboxylic acids is 2. The van der Waals surface area contributed by atoms with Crippen molar-refractivity contribution in [3.05, 3.63) is 71.8 Å². The van der Waals surface area contributed by atoms with Crippen molar-refractivity contribution in [1.82, 2.24) is 9.80 Å². The topological polar surface area (TPSA) is 66.6 Å². The summed E-state index contributed by atoms with van der Waals surface area (Å²) in [5, 5.41) is 0. The number of hydrogen-bond donors (Lipinski definition) is 1. The molecule has 5 nitrogen and oxygen atoms in total. The van der Waals surface area contributed by atoms with Gasteiger partial charge in [0.2, 0.25) is 5.91 Å². The molecule has 2 aliphatic heterocycles. The molecule has 5 atom stereocenters. The van der Waals surface area contributed by atoms with Gasteiger partial charge in [0, 0.05) is 31.6 Å². The zero-order chi connectivity index (χ0) is 25.7. The van der Waals surface area contributed by atoms with Crippen molar-refractivity contribution in [2.24, 2.45) is 11.7 Å². The highest BCUT2D eigenvalue weighted by atomic mass is 16.2. The molecule has 194 valence electrons. The molecule has 1 unspecified atom stereocenters. The van der Waals surface area contributed by atoms with Gasteiger partial charge in [0.05, 0.1) is 12.1 Å². The fraction of sp³-hybridized carbons (Fsp3) is 0.548. The van der Waals surface area contributed by atoms with Gasteiger partial charge in [0.15, 0.2) is 5.78 Å². The Labute approximate surface area is 217 Å². The first-order chi connectivity index (χ1) is 17.3.